The van der Waals surface area contributed by atoms with E-state index in [1.54, 1.807) is 53.4 Å². The Balaban J connectivity index is 1.55. The third-order valence-corrected chi connectivity index (χ3v) is 8.65. The predicted molar refractivity (Wildman–Crippen MR) is 142 cm³/mol. The lowest BCUT2D eigenvalue weighted by atomic mass is 10.1. The van der Waals surface area contributed by atoms with Gasteiger partial charge in [0, 0.05) is 31.9 Å². The minimum atomic E-state index is -4.00. The van der Waals surface area contributed by atoms with Crippen LogP contribution in [0, 0.1) is 20.8 Å². The van der Waals surface area contributed by atoms with Gasteiger partial charge in [0.05, 0.1) is 15.6 Å². The van der Waals surface area contributed by atoms with E-state index in [1.165, 1.54) is 16.8 Å². The summed E-state index contributed by atoms with van der Waals surface area (Å²) in [4.78, 5) is 17.5. The molecule has 3 aromatic rings. The number of sulfonamides is 1. The highest BCUT2D eigenvalue weighted by atomic mass is 35.5. The number of carbonyl (C=O) groups is 1. The number of piperazine rings is 1. The van der Waals surface area contributed by atoms with Crippen LogP contribution >= 0.6 is 11.6 Å². The van der Waals surface area contributed by atoms with Crippen molar-refractivity contribution >= 4 is 38.9 Å². The molecule has 0 N–H and O–H groups in total. The van der Waals surface area contributed by atoms with Crippen molar-refractivity contribution in [1.82, 2.24) is 4.90 Å². The van der Waals surface area contributed by atoms with Crippen molar-refractivity contribution in [3.8, 4) is 0 Å². The molecule has 6 nitrogen and oxygen atoms in total. The highest BCUT2D eigenvalue weighted by Crippen LogP contribution is 2.31. The minimum absolute atomic E-state index is 0.121. The maximum absolute atomic E-state index is 13.6. The number of benzene rings is 3. The van der Waals surface area contributed by atoms with E-state index in [1.807, 2.05) is 13.0 Å². The van der Waals surface area contributed by atoms with E-state index >= 15 is 0 Å². The number of rotatable bonds is 6. The Kier molecular flexibility index (Phi) is 7.38. The van der Waals surface area contributed by atoms with Crippen LogP contribution in [-0.4, -0.2) is 51.9 Å². The van der Waals surface area contributed by atoms with Crippen molar-refractivity contribution in [2.75, 3.05) is 41.9 Å². The molecule has 0 bridgehead atoms. The molecule has 1 aliphatic rings. The van der Waals surface area contributed by atoms with Gasteiger partial charge in [-0.05, 0) is 62.2 Å². The maximum Gasteiger partial charge on any atom is 0.264 e. The van der Waals surface area contributed by atoms with Crippen LogP contribution in [0.3, 0.4) is 0 Å². The van der Waals surface area contributed by atoms with Crippen LogP contribution in [0.4, 0.5) is 11.4 Å². The molecule has 0 aromatic heterocycles. The van der Waals surface area contributed by atoms with E-state index in [2.05, 4.69) is 30.9 Å². The van der Waals surface area contributed by atoms with Gasteiger partial charge in [-0.1, -0.05) is 53.6 Å². The molecule has 1 saturated heterocycles. The van der Waals surface area contributed by atoms with Gasteiger partial charge in [-0.15, -0.1) is 0 Å². The lowest BCUT2D eigenvalue weighted by Gasteiger charge is -2.38. The second kappa shape index (κ2) is 10.3. The van der Waals surface area contributed by atoms with Gasteiger partial charge in [0.1, 0.15) is 6.54 Å². The number of hydrogen-bond donors (Lipinski definition) is 0. The molecule has 1 heterocycles. The van der Waals surface area contributed by atoms with E-state index in [-0.39, 0.29) is 28.1 Å². The second-order valence-electron chi connectivity index (χ2n) is 8.86. The summed E-state index contributed by atoms with van der Waals surface area (Å²) in [6, 6.07) is 19.5. The van der Waals surface area contributed by atoms with Gasteiger partial charge < -0.3 is 9.80 Å². The quantitative estimate of drug-likeness (QED) is 0.476. The Labute approximate surface area is 212 Å². The average Bonchev–Trinajstić information content (AvgIpc) is 2.85. The number of amides is 1. The number of hydrogen-bond acceptors (Lipinski definition) is 4. The van der Waals surface area contributed by atoms with Crippen LogP contribution in [0.25, 0.3) is 0 Å². The molecule has 35 heavy (non-hydrogen) atoms. The monoisotopic (exact) mass is 511 g/mol. The van der Waals surface area contributed by atoms with Crippen LogP contribution in [0.5, 0.6) is 0 Å². The van der Waals surface area contributed by atoms with E-state index in [4.69, 9.17) is 11.6 Å². The Morgan fingerprint density at radius 1 is 0.886 bits per heavy atom. The Morgan fingerprint density at radius 3 is 2.20 bits per heavy atom. The van der Waals surface area contributed by atoms with Crippen LogP contribution in [0.2, 0.25) is 5.02 Å². The van der Waals surface area contributed by atoms with E-state index < -0.39 is 10.0 Å². The van der Waals surface area contributed by atoms with Crippen molar-refractivity contribution in [2.24, 2.45) is 0 Å². The van der Waals surface area contributed by atoms with Gasteiger partial charge in [-0.2, -0.15) is 0 Å². The SMILES string of the molecule is Cc1ccc(S(=O)(=O)N(CC(=O)N2CCN(c3cccc(C)c3C)CC2)c2ccccc2Cl)cc1. The Morgan fingerprint density at radius 2 is 1.54 bits per heavy atom. The van der Waals surface area contributed by atoms with Crippen LogP contribution in [-0.2, 0) is 14.8 Å². The fraction of sp³-hybridized carbons (Fsp3) is 0.296. The molecule has 4 rings (SSSR count). The smallest absolute Gasteiger partial charge is 0.264 e. The molecule has 0 radical (unpaired) electrons. The topological polar surface area (TPSA) is 60.9 Å². The standard InChI is InChI=1S/C27H30ClN3O3S/c1-20-11-13-23(14-12-20)35(33,34)31(26-9-5-4-8-24(26)28)19-27(32)30-17-15-29(16-18-30)25-10-6-7-21(2)22(25)3/h4-14H,15-19H2,1-3H3. The van der Waals surface area contributed by atoms with Crippen LogP contribution in [0.15, 0.2) is 71.6 Å². The molecule has 1 amide bonds. The normalized spacial score (nSPS) is 14.2. The Bertz CT molecular complexity index is 1320. The van der Waals surface area contributed by atoms with Crippen molar-refractivity contribution < 1.29 is 13.2 Å². The number of nitrogens with zero attached hydrogens (tertiary/aromatic N) is 3. The summed E-state index contributed by atoms with van der Waals surface area (Å²) in [7, 11) is -4.00. The number of aryl methyl sites for hydroxylation is 2. The molecule has 0 aliphatic carbocycles. The summed E-state index contributed by atoms with van der Waals surface area (Å²) in [5, 5.41) is 0.274. The molecule has 1 fully saturated rings. The first kappa shape index (κ1) is 25.1. The average molecular weight is 512 g/mol. The number of halogens is 1. The second-order valence-corrected chi connectivity index (χ2v) is 11.1. The first-order valence-corrected chi connectivity index (χ1v) is 13.4. The fourth-order valence-electron chi connectivity index (χ4n) is 4.29. The summed E-state index contributed by atoms with van der Waals surface area (Å²) < 4.78 is 28.3. The van der Waals surface area contributed by atoms with Crippen LogP contribution < -0.4 is 9.21 Å². The third-order valence-electron chi connectivity index (χ3n) is 6.56. The molecule has 1 aliphatic heterocycles. The molecule has 0 saturated carbocycles. The van der Waals surface area contributed by atoms with Gasteiger partial charge in [-0.3, -0.25) is 9.10 Å². The van der Waals surface area contributed by atoms with Crippen molar-refractivity contribution in [2.45, 2.75) is 25.7 Å². The fourth-order valence-corrected chi connectivity index (χ4v) is 6.01. The molecule has 3 aromatic carbocycles. The molecular weight excluding hydrogens is 482 g/mol. The summed E-state index contributed by atoms with van der Waals surface area (Å²) in [6.07, 6.45) is 0. The minimum Gasteiger partial charge on any atom is -0.368 e. The Hall–Kier alpha value is -3.03. The first-order chi connectivity index (χ1) is 16.7. The van der Waals surface area contributed by atoms with Crippen LogP contribution in [0.1, 0.15) is 16.7 Å². The van der Waals surface area contributed by atoms with Gasteiger partial charge in [-0.25, -0.2) is 8.42 Å². The predicted octanol–water partition coefficient (Wildman–Crippen LogP) is 4.81. The maximum atomic E-state index is 13.6. The zero-order valence-electron chi connectivity index (χ0n) is 20.2. The van der Waals surface area contributed by atoms with E-state index in [0.717, 1.165) is 9.87 Å². The summed E-state index contributed by atoms with van der Waals surface area (Å²) in [5.41, 5.74) is 4.89. The van der Waals surface area contributed by atoms with Crippen molar-refractivity contribution in [1.29, 1.82) is 0 Å². The highest BCUT2D eigenvalue weighted by Gasteiger charge is 2.31. The van der Waals surface area contributed by atoms with E-state index in [9.17, 15) is 13.2 Å². The van der Waals surface area contributed by atoms with Crippen molar-refractivity contribution in [3.63, 3.8) is 0 Å². The summed E-state index contributed by atoms with van der Waals surface area (Å²) >= 11 is 6.38. The summed E-state index contributed by atoms with van der Waals surface area (Å²) in [6.45, 7) is 8.20. The van der Waals surface area contributed by atoms with Crippen molar-refractivity contribution in [3.05, 3.63) is 88.4 Å². The third kappa shape index (κ3) is 5.31. The summed E-state index contributed by atoms with van der Waals surface area (Å²) in [5.74, 6) is -0.249. The first-order valence-electron chi connectivity index (χ1n) is 11.6. The zero-order chi connectivity index (χ0) is 25.2. The van der Waals surface area contributed by atoms with Gasteiger partial charge in [0.2, 0.25) is 5.91 Å². The van der Waals surface area contributed by atoms with Gasteiger partial charge >= 0.3 is 0 Å². The molecule has 0 spiro atoms. The highest BCUT2D eigenvalue weighted by molar-refractivity contribution is 7.92. The number of para-hydroxylation sites is 1. The van der Waals surface area contributed by atoms with E-state index in [0.29, 0.717) is 26.2 Å². The zero-order valence-corrected chi connectivity index (χ0v) is 21.8. The van der Waals surface area contributed by atoms with Gasteiger partial charge in [0.25, 0.3) is 10.0 Å². The number of anilines is 2. The molecule has 0 unspecified atom stereocenters. The van der Waals surface area contributed by atoms with Gasteiger partial charge in [0.15, 0.2) is 0 Å². The molecule has 8 heteroatoms. The largest absolute Gasteiger partial charge is 0.368 e. The number of carbonyl (C=O) groups excluding carboxylic acids is 1. The molecular formula is C27H30ClN3O3S. The molecule has 184 valence electrons. The lowest BCUT2D eigenvalue weighted by molar-refractivity contribution is -0.129. The lowest BCUT2D eigenvalue weighted by Crippen LogP contribution is -2.52. The molecule has 0 atom stereocenters.